The Kier molecular flexibility index (Phi) is 5.81. The number of aliphatic hydroxyl groups excluding tert-OH is 2. The van der Waals surface area contributed by atoms with Crippen molar-refractivity contribution < 1.29 is 19.7 Å². The first-order valence-corrected chi connectivity index (χ1v) is 5.64. The van der Waals surface area contributed by atoms with Gasteiger partial charge in [0.1, 0.15) is 11.9 Å². The minimum Gasteiger partial charge on any atom is -0.496 e. The minimum atomic E-state index is -1.14. The molecule has 0 saturated heterocycles. The van der Waals surface area contributed by atoms with Crippen molar-refractivity contribution in [3.8, 4) is 5.75 Å². The highest BCUT2D eigenvalue weighted by Gasteiger charge is 2.19. The number of rotatable bonds is 7. The maximum absolute atomic E-state index is 10.7. The molecule has 0 heterocycles. The molecule has 0 radical (unpaired) electrons. The highest BCUT2D eigenvalue weighted by Crippen LogP contribution is 2.25. The fraction of sp³-hybridized carbons (Fsp3) is 0.417. The number of benzene rings is 1. The lowest BCUT2D eigenvalue weighted by atomic mass is 10.0. The molecule has 2 N–H and O–H groups in total. The molecule has 102 valence electrons. The molecule has 0 aliphatic carbocycles. The fourth-order valence-corrected chi connectivity index (χ4v) is 1.62. The molecule has 1 aromatic carbocycles. The van der Waals surface area contributed by atoms with Crippen molar-refractivity contribution in [2.24, 2.45) is 5.11 Å². The number of azide groups is 1. The number of carbonyl (C=O) groups is 1. The van der Waals surface area contributed by atoms with E-state index in [1.54, 1.807) is 0 Å². The average molecular weight is 265 g/mol. The summed E-state index contributed by atoms with van der Waals surface area (Å²) in [6.07, 6.45) is -1.41. The van der Waals surface area contributed by atoms with Crippen molar-refractivity contribution in [3.63, 3.8) is 0 Å². The van der Waals surface area contributed by atoms with Crippen molar-refractivity contribution in [2.75, 3.05) is 13.7 Å². The molecule has 0 spiro atoms. The van der Waals surface area contributed by atoms with Crippen LogP contribution in [0.25, 0.3) is 10.4 Å². The summed E-state index contributed by atoms with van der Waals surface area (Å²) in [5.74, 6) is 0.328. The number of aldehydes is 1. The van der Waals surface area contributed by atoms with Crippen molar-refractivity contribution in [1.82, 2.24) is 0 Å². The summed E-state index contributed by atoms with van der Waals surface area (Å²) in [6, 6.07) is 4.53. The van der Waals surface area contributed by atoms with Crippen LogP contribution in [0.1, 0.15) is 28.4 Å². The second-order valence-corrected chi connectivity index (χ2v) is 3.87. The Hall–Kier alpha value is -2.08. The lowest BCUT2D eigenvalue weighted by molar-refractivity contribution is 0.0149. The van der Waals surface area contributed by atoms with Crippen LogP contribution in [0.2, 0.25) is 0 Å². The Balaban J connectivity index is 2.83. The maximum Gasteiger partial charge on any atom is 0.153 e. The summed E-state index contributed by atoms with van der Waals surface area (Å²) >= 11 is 0. The minimum absolute atomic E-state index is 0.0955. The molecule has 0 amide bonds. The molecule has 2 atom stereocenters. The van der Waals surface area contributed by atoms with E-state index in [0.29, 0.717) is 23.2 Å². The largest absolute Gasteiger partial charge is 0.496 e. The van der Waals surface area contributed by atoms with Gasteiger partial charge in [-0.05, 0) is 29.6 Å². The Morgan fingerprint density at radius 1 is 1.53 bits per heavy atom. The molecule has 7 heteroatoms. The third kappa shape index (κ3) is 3.96. The van der Waals surface area contributed by atoms with Crippen molar-refractivity contribution >= 4 is 6.29 Å². The SMILES string of the molecule is COc1cc(C(O)C(O)CCN=[N+]=[N-])ccc1C=O. The smallest absolute Gasteiger partial charge is 0.153 e. The van der Waals surface area contributed by atoms with E-state index in [4.69, 9.17) is 10.3 Å². The van der Waals surface area contributed by atoms with Crippen LogP contribution < -0.4 is 4.74 Å². The molecule has 1 rings (SSSR count). The molecule has 0 fully saturated rings. The van der Waals surface area contributed by atoms with E-state index < -0.39 is 12.2 Å². The van der Waals surface area contributed by atoms with Crippen LogP contribution in [0.3, 0.4) is 0 Å². The summed E-state index contributed by atoms with van der Waals surface area (Å²) in [5, 5.41) is 23.0. The van der Waals surface area contributed by atoms with Gasteiger partial charge in [-0.2, -0.15) is 0 Å². The standard InChI is InChI=1S/C12H15N3O4/c1-19-11-6-8(2-3-9(11)7-16)12(18)10(17)4-5-14-15-13/h2-3,6-7,10,12,17-18H,4-5H2,1H3. The maximum atomic E-state index is 10.7. The molecular weight excluding hydrogens is 250 g/mol. The molecule has 1 aromatic rings. The predicted octanol–water partition coefficient (Wildman–Crippen LogP) is 1.60. The van der Waals surface area contributed by atoms with E-state index in [1.807, 2.05) is 0 Å². The lowest BCUT2D eigenvalue weighted by Gasteiger charge is -2.18. The van der Waals surface area contributed by atoms with Crippen LogP contribution in [0.5, 0.6) is 5.75 Å². The monoisotopic (exact) mass is 265 g/mol. The third-order valence-electron chi connectivity index (χ3n) is 2.68. The molecule has 2 unspecified atom stereocenters. The molecule has 7 nitrogen and oxygen atoms in total. The van der Waals surface area contributed by atoms with E-state index in [9.17, 15) is 15.0 Å². The summed E-state index contributed by atoms with van der Waals surface area (Å²) in [5.41, 5.74) is 8.92. The molecule has 0 aliphatic rings. The summed E-state index contributed by atoms with van der Waals surface area (Å²) < 4.78 is 5.01. The summed E-state index contributed by atoms with van der Waals surface area (Å²) in [7, 11) is 1.41. The first-order valence-electron chi connectivity index (χ1n) is 5.64. The zero-order valence-electron chi connectivity index (χ0n) is 10.4. The van der Waals surface area contributed by atoms with Crippen molar-refractivity contribution in [1.29, 1.82) is 0 Å². The topological polar surface area (TPSA) is 116 Å². The average Bonchev–Trinajstić information content (AvgIpc) is 2.45. The van der Waals surface area contributed by atoms with Gasteiger partial charge in [-0.3, -0.25) is 4.79 Å². The van der Waals surface area contributed by atoms with E-state index in [-0.39, 0.29) is 13.0 Å². The molecule has 0 bridgehead atoms. The number of methoxy groups -OCH3 is 1. The number of hydrogen-bond donors (Lipinski definition) is 2. The van der Waals surface area contributed by atoms with Gasteiger partial charge in [0.25, 0.3) is 0 Å². The number of hydrogen-bond acceptors (Lipinski definition) is 5. The molecule has 0 aromatic heterocycles. The van der Waals surface area contributed by atoms with Gasteiger partial charge >= 0.3 is 0 Å². The highest BCUT2D eigenvalue weighted by atomic mass is 16.5. The second kappa shape index (κ2) is 7.38. The van der Waals surface area contributed by atoms with Crippen LogP contribution in [0, 0.1) is 0 Å². The quantitative estimate of drug-likeness (QED) is 0.337. The van der Waals surface area contributed by atoms with Gasteiger partial charge in [-0.25, -0.2) is 0 Å². The van der Waals surface area contributed by atoms with E-state index in [0.717, 1.165) is 0 Å². The van der Waals surface area contributed by atoms with Gasteiger partial charge < -0.3 is 14.9 Å². The Morgan fingerprint density at radius 3 is 2.84 bits per heavy atom. The number of ether oxygens (including phenoxy) is 1. The van der Waals surface area contributed by atoms with Gasteiger partial charge in [-0.15, -0.1) is 0 Å². The van der Waals surface area contributed by atoms with Crippen LogP contribution in [-0.4, -0.2) is 36.3 Å². The van der Waals surface area contributed by atoms with Crippen LogP contribution >= 0.6 is 0 Å². The van der Waals surface area contributed by atoms with Crippen molar-refractivity contribution in [3.05, 3.63) is 39.8 Å². The van der Waals surface area contributed by atoms with Gasteiger partial charge in [0.15, 0.2) is 6.29 Å². The summed E-state index contributed by atoms with van der Waals surface area (Å²) in [4.78, 5) is 13.3. The highest BCUT2D eigenvalue weighted by molar-refractivity contribution is 5.79. The molecule has 0 saturated carbocycles. The number of carbonyl (C=O) groups excluding carboxylic acids is 1. The molecular formula is C12H15N3O4. The predicted molar refractivity (Wildman–Crippen MR) is 68.0 cm³/mol. The van der Waals surface area contributed by atoms with E-state index >= 15 is 0 Å². The number of aliphatic hydroxyl groups is 2. The van der Waals surface area contributed by atoms with Crippen LogP contribution in [-0.2, 0) is 0 Å². The van der Waals surface area contributed by atoms with Crippen molar-refractivity contribution in [2.45, 2.75) is 18.6 Å². The number of nitrogens with zero attached hydrogens (tertiary/aromatic N) is 3. The van der Waals surface area contributed by atoms with E-state index in [1.165, 1.54) is 25.3 Å². The van der Waals surface area contributed by atoms with Crippen LogP contribution in [0.15, 0.2) is 23.3 Å². The molecule has 0 aliphatic heterocycles. The lowest BCUT2D eigenvalue weighted by Crippen LogP contribution is -2.19. The van der Waals surface area contributed by atoms with Crippen LogP contribution in [0.4, 0.5) is 0 Å². The van der Waals surface area contributed by atoms with Gasteiger partial charge in [0.05, 0.1) is 18.8 Å². The van der Waals surface area contributed by atoms with Gasteiger partial charge in [0.2, 0.25) is 0 Å². The Morgan fingerprint density at radius 2 is 2.26 bits per heavy atom. The third-order valence-corrected chi connectivity index (χ3v) is 2.68. The Bertz CT molecular complexity index is 486. The first kappa shape index (κ1) is 15.0. The fourth-order valence-electron chi connectivity index (χ4n) is 1.62. The van der Waals surface area contributed by atoms with Gasteiger partial charge in [-0.1, -0.05) is 11.2 Å². The zero-order chi connectivity index (χ0) is 14.3. The zero-order valence-corrected chi connectivity index (χ0v) is 10.4. The molecule has 19 heavy (non-hydrogen) atoms. The normalized spacial score (nSPS) is 13.2. The van der Waals surface area contributed by atoms with Gasteiger partial charge in [0, 0.05) is 11.5 Å². The Labute approximate surface area is 110 Å². The van der Waals surface area contributed by atoms with E-state index in [2.05, 4.69) is 10.0 Å². The first-order chi connectivity index (χ1) is 9.13. The summed E-state index contributed by atoms with van der Waals surface area (Å²) in [6.45, 7) is 0.0955. The second-order valence-electron chi connectivity index (χ2n) is 3.87.